The fourth-order valence-corrected chi connectivity index (χ4v) is 2.95. The summed E-state index contributed by atoms with van der Waals surface area (Å²) >= 11 is 0. The highest BCUT2D eigenvalue weighted by atomic mass is 16.5. The Hall–Kier alpha value is -3.22. The fraction of sp³-hybridized carbons (Fsp3) is 0.263. The fourth-order valence-electron chi connectivity index (χ4n) is 2.95. The number of esters is 1. The summed E-state index contributed by atoms with van der Waals surface area (Å²) in [6, 6.07) is 10.4. The number of benzene rings is 1. The molecule has 0 radical (unpaired) electrons. The standard InChI is InChI=1S/C19H17N3O4/c1-10-15-13(9-14(11-7-8-11)21-18(15)26-22-10)19(24)25-16(17(20)23)12-5-3-2-4-6-12/h2-6,9,11,16H,7-8H2,1H3,(H2,20,23). The first kappa shape index (κ1) is 16.3. The second-order valence-electron chi connectivity index (χ2n) is 6.42. The van der Waals surface area contributed by atoms with Crippen LogP contribution >= 0.6 is 0 Å². The van der Waals surface area contributed by atoms with E-state index in [0.717, 1.165) is 18.5 Å². The van der Waals surface area contributed by atoms with E-state index in [1.807, 2.05) is 0 Å². The van der Waals surface area contributed by atoms with Gasteiger partial charge in [-0.25, -0.2) is 9.78 Å². The van der Waals surface area contributed by atoms with E-state index in [9.17, 15) is 9.59 Å². The number of hydrogen-bond donors (Lipinski definition) is 1. The van der Waals surface area contributed by atoms with Gasteiger partial charge in [-0.05, 0) is 25.8 Å². The Bertz CT molecular complexity index is 993. The van der Waals surface area contributed by atoms with Crippen LogP contribution in [0.3, 0.4) is 0 Å². The van der Waals surface area contributed by atoms with Crippen LogP contribution in [0.1, 0.15) is 52.2 Å². The van der Waals surface area contributed by atoms with Gasteiger partial charge < -0.3 is 15.0 Å². The number of nitrogens with two attached hydrogens (primary N) is 1. The largest absolute Gasteiger partial charge is 0.444 e. The molecule has 7 heteroatoms. The molecule has 1 saturated carbocycles. The molecule has 1 atom stereocenters. The van der Waals surface area contributed by atoms with Crippen molar-refractivity contribution in [1.29, 1.82) is 0 Å². The Morgan fingerprint density at radius 3 is 2.65 bits per heavy atom. The van der Waals surface area contributed by atoms with Crippen LogP contribution in [0.4, 0.5) is 0 Å². The Morgan fingerprint density at radius 1 is 1.27 bits per heavy atom. The zero-order valence-electron chi connectivity index (χ0n) is 14.1. The Balaban J connectivity index is 1.73. The van der Waals surface area contributed by atoms with Crippen molar-refractivity contribution < 1.29 is 18.8 Å². The van der Waals surface area contributed by atoms with Crippen molar-refractivity contribution in [3.8, 4) is 0 Å². The van der Waals surface area contributed by atoms with Gasteiger partial charge in [-0.1, -0.05) is 35.5 Å². The van der Waals surface area contributed by atoms with Crippen LogP contribution in [-0.4, -0.2) is 22.0 Å². The molecule has 1 aliphatic rings. The van der Waals surface area contributed by atoms with Crippen molar-refractivity contribution in [2.75, 3.05) is 0 Å². The highest BCUT2D eigenvalue weighted by Crippen LogP contribution is 2.40. The van der Waals surface area contributed by atoms with Crippen LogP contribution in [-0.2, 0) is 9.53 Å². The minimum Gasteiger partial charge on any atom is -0.444 e. The zero-order chi connectivity index (χ0) is 18.3. The third-order valence-corrected chi connectivity index (χ3v) is 4.44. The van der Waals surface area contributed by atoms with Crippen LogP contribution in [0, 0.1) is 6.92 Å². The summed E-state index contributed by atoms with van der Waals surface area (Å²) in [4.78, 5) is 29.1. The quantitative estimate of drug-likeness (QED) is 0.708. The van der Waals surface area contributed by atoms with Crippen molar-refractivity contribution >= 4 is 23.0 Å². The van der Waals surface area contributed by atoms with Crippen molar-refractivity contribution in [3.05, 3.63) is 58.9 Å². The second-order valence-corrected chi connectivity index (χ2v) is 6.42. The lowest BCUT2D eigenvalue weighted by atomic mass is 10.1. The molecule has 4 rings (SSSR count). The molecule has 26 heavy (non-hydrogen) atoms. The number of aromatic nitrogens is 2. The van der Waals surface area contributed by atoms with Gasteiger partial charge in [-0.15, -0.1) is 0 Å². The Kier molecular flexibility index (Phi) is 3.91. The minimum absolute atomic E-state index is 0.290. The smallest absolute Gasteiger partial charge is 0.340 e. The topological polar surface area (TPSA) is 108 Å². The van der Waals surface area contributed by atoms with E-state index in [4.69, 9.17) is 15.0 Å². The molecule has 1 aromatic carbocycles. The van der Waals surface area contributed by atoms with Gasteiger partial charge in [-0.2, -0.15) is 0 Å². The minimum atomic E-state index is -1.17. The second kappa shape index (κ2) is 6.25. The molecular formula is C19H17N3O4. The normalized spacial score (nSPS) is 15.0. The molecular weight excluding hydrogens is 334 g/mol. The van der Waals surface area contributed by atoms with Crippen molar-refractivity contribution in [3.63, 3.8) is 0 Å². The summed E-state index contributed by atoms with van der Waals surface area (Å²) < 4.78 is 10.7. The first-order chi connectivity index (χ1) is 12.5. The van der Waals surface area contributed by atoms with E-state index in [2.05, 4.69) is 10.1 Å². The van der Waals surface area contributed by atoms with Crippen molar-refractivity contribution in [2.24, 2.45) is 5.73 Å². The highest BCUT2D eigenvalue weighted by Gasteiger charge is 2.30. The Labute approximate surface area is 149 Å². The molecule has 0 saturated heterocycles. The molecule has 2 N–H and O–H groups in total. The first-order valence-corrected chi connectivity index (χ1v) is 8.36. The monoisotopic (exact) mass is 351 g/mol. The zero-order valence-corrected chi connectivity index (χ0v) is 14.1. The molecule has 1 fully saturated rings. The molecule has 2 aromatic heterocycles. The van der Waals surface area contributed by atoms with Gasteiger partial charge in [0.05, 0.1) is 16.6 Å². The van der Waals surface area contributed by atoms with E-state index in [1.54, 1.807) is 43.3 Å². The Morgan fingerprint density at radius 2 is 2.00 bits per heavy atom. The molecule has 0 spiro atoms. The molecule has 132 valence electrons. The van der Waals surface area contributed by atoms with E-state index >= 15 is 0 Å². The number of hydrogen-bond acceptors (Lipinski definition) is 6. The molecule has 1 aliphatic carbocycles. The summed E-state index contributed by atoms with van der Waals surface area (Å²) in [6.45, 7) is 1.73. The van der Waals surface area contributed by atoms with Crippen molar-refractivity contribution in [1.82, 2.24) is 10.1 Å². The SMILES string of the molecule is Cc1noc2nc(C3CC3)cc(C(=O)OC(C(N)=O)c3ccccc3)c12. The molecule has 7 nitrogen and oxygen atoms in total. The van der Waals surface area contributed by atoms with Crippen LogP contribution in [0.15, 0.2) is 40.9 Å². The number of nitrogens with zero attached hydrogens (tertiary/aromatic N) is 2. The van der Waals surface area contributed by atoms with E-state index in [-0.39, 0.29) is 5.56 Å². The summed E-state index contributed by atoms with van der Waals surface area (Å²) in [5.74, 6) is -1.07. The number of carbonyl (C=O) groups is 2. The van der Waals surface area contributed by atoms with Gasteiger partial charge in [0.2, 0.25) is 6.10 Å². The van der Waals surface area contributed by atoms with E-state index < -0.39 is 18.0 Å². The lowest BCUT2D eigenvalue weighted by Gasteiger charge is -2.15. The molecule has 1 amide bonds. The molecule has 0 bridgehead atoms. The molecule has 2 heterocycles. The maximum atomic E-state index is 12.9. The number of primary amides is 1. The predicted molar refractivity (Wildman–Crippen MR) is 92.3 cm³/mol. The van der Waals surface area contributed by atoms with Crippen LogP contribution < -0.4 is 5.73 Å². The van der Waals surface area contributed by atoms with Crippen LogP contribution in [0.5, 0.6) is 0 Å². The molecule has 3 aromatic rings. The van der Waals surface area contributed by atoms with Gasteiger partial charge in [0.1, 0.15) is 0 Å². The third kappa shape index (κ3) is 2.92. The number of pyridine rings is 1. The number of carbonyl (C=O) groups excluding carboxylic acids is 2. The third-order valence-electron chi connectivity index (χ3n) is 4.44. The molecule has 0 aliphatic heterocycles. The average Bonchev–Trinajstić information content (AvgIpc) is 3.43. The maximum absolute atomic E-state index is 12.9. The molecule has 1 unspecified atom stereocenters. The summed E-state index contributed by atoms with van der Waals surface area (Å²) in [5.41, 5.74) is 7.87. The van der Waals surface area contributed by atoms with Gasteiger partial charge >= 0.3 is 5.97 Å². The number of fused-ring (bicyclic) bond motifs is 1. The first-order valence-electron chi connectivity index (χ1n) is 8.36. The number of rotatable bonds is 5. The van der Waals surface area contributed by atoms with Gasteiger partial charge in [-0.3, -0.25) is 4.79 Å². The van der Waals surface area contributed by atoms with Gasteiger partial charge in [0, 0.05) is 17.2 Å². The highest BCUT2D eigenvalue weighted by molar-refractivity contribution is 6.04. The van der Waals surface area contributed by atoms with Gasteiger partial charge in [0.15, 0.2) is 0 Å². The number of ether oxygens (including phenoxy) is 1. The average molecular weight is 351 g/mol. The van der Waals surface area contributed by atoms with Crippen LogP contribution in [0.25, 0.3) is 11.1 Å². The lowest BCUT2D eigenvalue weighted by molar-refractivity contribution is -0.127. The maximum Gasteiger partial charge on any atom is 0.340 e. The number of amides is 1. The summed E-state index contributed by atoms with van der Waals surface area (Å²) in [6.07, 6.45) is 0.874. The van der Waals surface area contributed by atoms with Crippen LogP contribution in [0.2, 0.25) is 0 Å². The van der Waals surface area contributed by atoms with Crippen molar-refractivity contribution in [2.45, 2.75) is 31.8 Å². The number of aryl methyl sites for hydroxylation is 1. The predicted octanol–water partition coefficient (Wildman–Crippen LogP) is 2.79. The van der Waals surface area contributed by atoms with E-state index in [1.165, 1.54) is 0 Å². The van der Waals surface area contributed by atoms with E-state index in [0.29, 0.717) is 28.3 Å². The van der Waals surface area contributed by atoms with Gasteiger partial charge in [0.25, 0.3) is 11.6 Å². The summed E-state index contributed by atoms with van der Waals surface area (Å²) in [7, 11) is 0. The lowest BCUT2D eigenvalue weighted by Crippen LogP contribution is -2.26. The summed E-state index contributed by atoms with van der Waals surface area (Å²) in [5, 5.41) is 4.39.